The lowest BCUT2D eigenvalue weighted by molar-refractivity contribution is -0.170. The second kappa shape index (κ2) is 9.98. The number of halogens is 1. The fourth-order valence-electron chi connectivity index (χ4n) is 3.70. The Morgan fingerprint density at radius 2 is 1.18 bits per heavy atom. The Balaban J connectivity index is 0.00000225. The molecule has 1 heterocycles. The monoisotopic (exact) mass is 504 g/mol. The lowest BCUT2D eigenvalue weighted by atomic mass is 10.0. The first-order valence-corrected chi connectivity index (χ1v) is 11.0. The molecule has 0 aromatic heterocycles. The Bertz CT molecular complexity index is 807. The zero-order valence-electron chi connectivity index (χ0n) is 16.1. The van der Waals surface area contributed by atoms with E-state index < -0.39 is 13.7 Å². The number of rotatable bonds is 6. The van der Waals surface area contributed by atoms with E-state index in [1.165, 1.54) is 15.9 Å². The molecular formula is C24H26IO2P. The highest BCUT2D eigenvalue weighted by Crippen LogP contribution is 2.37. The van der Waals surface area contributed by atoms with Gasteiger partial charge in [0.2, 0.25) is 0 Å². The molecule has 0 bridgehead atoms. The third-order valence-electron chi connectivity index (χ3n) is 4.93. The number of ether oxygens (including phenoxy) is 2. The lowest BCUT2D eigenvalue weighted by Gasteiger charge is -2.28. The van der Waals surface area contributed by atoms with E-state index in [9.17, 15) is 0 Å². The van der Waals surface area contributed by atoms with E-state index in [2.05, 4.69) is 91.9 Å². The maximum atomic E-state index is 6.02. The predicted octanol–water partition coefficient (Wildman–Crippen LogP) is 5.06. The van der Waals surface area contributed by atoms with Crippen LogP contribution in [0, 0.1) is 0 Å². The molecule has 3 aromatic rings. The van der Waals surface area contributed by atoms with Crippen LogP contribution in [0.2, 0.25) is 0 Å². The predicted molar refractivity (Wildman–Crippen MR) is 129 cm³/mol. The summed E-state index contributed by atoms with van der Waals surface area (Å²) in [5.41, 5.74) is 1.13. The van der Waals surface area contributed by atoms with E-state index in [1.807, 2.05) is 0 Å². The molecule has 0 atom stereocenters. The molecule has 2 nitrogen and oxygen atoms in total. The second-order valence-electron chi connectivity index (χ2n) is 6.75. The molecule has 4 rings (SSSR count). The zero-order chi connectivity index (χ0) is 18.5. The van der Waals surface area contributed by atoms with Gasteiger partial charge in [-0.05, 0) is 23.8 Å². The summed E-state index contributed by atoms with van der Waals surface area (Å²) in [7, 11) is -0.577. The van der Waals surface area contributed by atoms with Crippen molar-refractivity contribution < 1.29 is 9.47 Å². The van der Waals surface area contributed by atoms with E-state index in [0.29, 0.717) is 13.2 Å². The van der Waals surface area contributed by atoms with Crippen LogP contribution in [0.1, 0.15) is 25.3 Å². The molecule has 3 aromatic carbocycles. The number of hydrogen-bond acceptors (Lipinski definition) is 2. The molecule has 146 valence electrons. The van der Waals surface area contributed by atoms with Gasteiger partial charge in [0.25, 0.3) is 0 Å². The second-order valence-corrected chi connectivity index (χ2v) is 8.97. The number of benzene rings is 3. The van der Waals surface area contributed by atoms with Crippen LogP contribution in [0.25, 0.3) is 0 Å². The van der Waals surface area contributed by atoms with Gasteiger partial charge in [-0.25, -0.2) is 0 Å². The van der Waals surface area contributed by atoms with Crippen LogP contribution in [-0.2, 0) is 15.3 Å². The third-order valence-corrected chi connectivity index (χ3v) is 7.37. The average Bonchev–Trinajstić information content (AvgIpc) is 3.20. The molecule has 0 spiro atoms. The van der Waals surface area contributed by atoms with Crippen molar-refractivity contribution >= 4 is 47.8 Å². The largest absolute Gasteiger partial charge is 0.343 e. The Morgan fingerprint density at radius 3 is 1.64 bits per heavy atom. The van der Waals surface area contributed by atoms with Gasteiger partial charge in [0.15, 0.2) is 5.79 Å². The van der Waals surface area contributed by atoms with Crippen molar-refractivity contribution in [2.24, 2.45) is 0 Å². The summed E-state index contributed by atoms with van der Waals surface area (Å²) in [6.07, 6.45) is 1.92. The maximum Gasteiger partial charge on any atom is 0.194 e. The molecule has 1 fully saturated rings. The molecule has 28 heavy (non-hydrogen) atoms. The Morgan fingerprint density at radius 1 is 0.714 bits per heavy atom. The minimum absolute atomic E-state index is 0. The molecule has 0 radical (unpaired) electrons. The van der Waals surface area contributed by atoms with Gasteiger partial charge in [-0.15, -0.1) is 24.0 Å². The van der Waals surface area contributed by atoms with E-state index in [-0.39, 0.29) is 24.0 Å². The van der Waals surface area contributed by atoms with E-state index in [4.69, 9.17) is 9.47 Å². The van der Waals surface area contributed by atoms with Gasteiger partial charge in [0.1, 0.15) is 0 Å². The van der Waals surface area contributed by atoms with Gasteiger partial charge in [-0.2, -0.15) is 0 Å². The Labute approximate surface area is 186 Å². The number of hydrogen-bond donors (Lipinski definition) is 0. The highest BCUT2D eigenvalue weighted by Gasteiger charge is 2.37. The molecule has 0 amide bonds. The van der Waals surface area contributed by atoms with Gasteiger partial charge in [0, 0.05) is 12.0 Å². The fourth-order valence-corrected chi connectivity index (χ4v) is 5.99. The topological polar surface area (TPSA) is 18.5 Å². The average molecular weight is 504 g/mol. The van der Waals surface area contributed by atoms with Gasteiger partial charge in [0.05, 0.1) is 13.2 Å². The minimum atomic E-state index is -0.577. The van der Waals surface area contributed by atoms with Gasteiger partial charge in [-0.1, -0.05) is 98.3 Å². The summed E-state index contributed by atoms with van der Waals surface area (Å²) in [5.74, 6) is -0.560. The van der Waals surface area contributed by atoms with Crippen LogP contribution < -0.4 is 15.9 Å². The van der Waals surface area contributed by atoms with Crippen molar-refractivity contribution in [2.45, 2.75) is 25.6 Å². The van der Waals surface area contributed by atoms with Crippen LogP contribution >= 0.6 is 31.9 Å². The third kappa shape index (κ3) is 4.49. The minimum Gasteiger partial charge on any atom is -0.343 e. The molecule has 1 aliphatic heterocycles. The van der Waals surface area contributed by atoms with Crippen LogP contribution in [0.5, 0.6) is 0 Å². The highest BCUT2D eigenvalue weighted by molar-refractivity contribution is 14.0. The van der Waals surface area contributed by atoms with Crippen LogP contribution in [0.4, 0.5) is 0 Å². The normalized spacial score (nSPS) is 15.4. The summed E-state index contributed by atoms with van der Waals surface area (Å²) in [6.45, 7) is 3.51. The van der Waals surface area contributed by atoms with Crippen molar-refractivity contribution in [1.29, 1.82) is 0 Å². The summed E-state index contributed by atoms with van der Waals surface area (Å²) in [5, 5.41) is 4.07. The Kier molecular flexibility index (Phi) is 7.64. The molecule has 1 saturated heterocycles. The van der Waals surface area contributed by atoms with Gasteiger partial charge < -0.3 is 9.47 Å². The van der Waals surface area contributed by atoms with Crippen LogP contribution in [0.3, 0.4) is 0 Å². The summed E-state index contributed by atoms with van der Waals surface area (Å²) in [4.78, 5) is 0. The van der Waals surface area contributed by atoms with Crippen molar-refractivity contribution in [1.82, 2.24) is 0 Å². The first kappa shape index (κ1) is 21.4. The van der Waals surface area contributed by atoms with Crippen molar-refractivity contribution in [3.63, 3.8) is 0 Å². The van der Waals surface area contributed by atoms with Crippen molar-refractivity contribution in [2.75, 3.05) is 13.2 Å². The molecule has 0 N–H and O–H groups in total. The highest BCUT2D eigenvalue weighted by atomic mass is 127. The Hall–Kier alpha value is -1.26. The van der Waals surface area contributed by atoms with Crippen LogP contribution in [-0.4, -0.2) is 13.2 Å². The smallest absolute Gasteiger partial charge is 0.194 e. The molecule has 4 heteroatoms. The van der Waals surface area contributed by atoms with Gasteiger partial charge >= 0.3 is 0 Å². The van der Waals surface area contributed by atoms with Gasteiger partial charge in [-0.3, -0.25) is 0 Å². The molecular weight excluding hydrogens is 478 g/mol. The van der Waals surface area contributed by atoms with E-state index >= 15 is 0 Å². The summed E-state index contributed by atoms with van der Waals surface area (Å²) < 4.78 is 12.0. The molecule has 0 saturated carbocycles. The van der Waals surface area contributed by atoms with E-state index in [0.717, 1.165) is 18.4 Å². The van der Waals surface area contributed by atoms with E-state index in [1.54, 1.807) is 0 Å². The quantitative estimate of drug-likeness (QED) is 0.345. The van der Waals surface area contributed by atoms with Crippen molar-refractivity contribution in [3.8, 4) is 0 Å². The first-order chi connectivity index (χ1) is 13.3. The fraction of sp³-hybridized carbons (Fsp3) is 0.250. The summed E-state index contributed by atoms with van der Waals surface area (Å²) in [6, 6.07) is 30.5. The zero-order valence-corrected chi connectivity index (χ0v) is 19.3. The lowest BCUT2D eigenvalue weighted by Crippen LogP contribution is -2.28. The molecule has 0 unspecified atom stereocenters. The maximum absolute atomic E-state index is 6.02. The standard InChI is InChI=1S/C24H25O2P.HI/c1-2-17-24(25-18-19-26-24)20-13-15-23(16-14-20)27(21-9-5-3-6-10-21)22-11-7-4-8-12-22;/h3-16H,2,17-19H2,1H3;1H. The summed E-state index contributed by atoms with van der Waals surface area (Å²) >= 11 is 0. The van der Waals surface area contributed by atoms with Crippen LogP contribution in [0.15, 0.2) is 84.9 Å². The first-order valence-electron chi connectivity index (χ1n) is 9.61. The SMILES string of the molecule is CCCC1(c2ccc(P(c3ccccc3)c3ccccc3)cc2)OCCO1.I. The molecule has 1 aliphatic rings. The van der Waals surface area contributed by atoms with Crippen molar-refractivity contribution in [3.05, 3.63) is 90.5 Å². The molecule has 0 aliphatic carbocycles.